The standard InChI is InChI=1S/CH6OP2S/c1-4(5)3-2/h2-4H,1H3/i4T. The SMILES string of the molecule is [3H]P(C)(=S)PO. The molecule has 2 unspecified atom stereocenters. The fraction of sp³-hybridized carbons (Fsp3) is 1.00. The minimum atomic E-state index is -1.98. The molecule has 1 N–H and O–H groups in total. The maximum atomic E-state index is 8.19. The first kappa shape index (κ1) is 4.21. The van der Waals surface area contributed by atoms with Crippen molar-refractivity contribution in [3.63, 3.8) is 0 Å². The number of rotatable bonds is 1. The lowest BCUT2D eigenvalue weighted by atomic mass is 12.0. The summed E-state index contributed by atoms with van der Waals surface area (Å²) >= 11 is 4.53. The van der Waals surface area contributed by atoms with Crippen LogP contribution in [0.1, 0.15) is 0 Å². The van der Waals surface area contributed by atoms with Crippen LogP contribution in [0.25, 0.3) is 0 Å². The van der Waals surface area contributed by atoms with Gasteiger partial charge in [0.15, 0.2) is 0 Å². The summed E-state index contributed by atoms with van der Waals surface area (Å²) in [6.45, 7) is 1.60. The maximum Gasteiger partial charge on any atom is 0.0755 e. The Morgan fingerprint density at radius 1 is 2.40 bits per heavy atom. The van der Waals surface area contributed by atoms with E-state index in [9.17, 15) is 0 Å². The highest BCUT2D eigenvalue weighted by molar-refractivity contribution is 8.36. The molecule has 0 rings (SSSR count). The Kier molecular flexibility index (Phi) is 2.72. The van der Waals surface area contributed by atoms with Gasteiger partial charge in [0.2, 0.25) is 0 Å². The van der Waals surface area contributed by atoms with Crippen LogP contribution in [-0.4, -0.2) is 12.8 Å². The molecule has 0 fully saturated rings. The van der Waals surface area contributed by atoms with Crippen molar-refractivity contribution in [3.05, 3.63) is 0 Å². The van der Waals surface area contributed by atoms with Gasteiger partial charge in [-0.1, -0.05) is 11.8 Å². The van der Waals surface area contributed by atoms with Gasteiger partial charge in [-0.25, -0.2) is 0 Å². The third-order valence-corrected chi connectivity index (χ3v) is 2.00. The molecule has 0 bridgehead atoms. The second kappa shape index (κ2) is 3.24. The summed E-state index contributed by atoms with van der Waals surface area (Å²) in [5, 5.41) is 0. The molecule has 0 aromatic heterocycles. The Hall–Kier alpha value is 1.04. The summed E-state index contributed by atoms with van der Waals surface area (Å²) in [4.78, 5) is 8.19. The fourth-order valence-corrected chi connectivity index (χ4v) is 0. The van der Waals surface area contributed by atoms with E-state index >= 15 is 0 Å². The number of hydrogen-bond donors (Lipinski definition) is 1. The molecule has 5 heavy (non-hydrogen) atoms. The topological polar surface area (TPSA) is 20.2 Å². The second-order valence-corrected chi connectivity index (χ2v) is 7.02. The van der Waals surface area contributed by atoms with Crippen LogP contribution in [0.3, 0.4) is 0 Å². The first-order valence-corrected chi connectivity index (χ1v) is 5.67. The quantitative estimate of drug-likeness (QED) is 0.529. The second-order valence-electron chi connectivity index (χ2n) is 0.597. The van der Waals surface area contributed by atoms with Crippen molar-refractivity contribution >= 4 is 26.6 Å². The monoisotopic (exact) mass is 130 g/mol. The zero-order chi connectivity index (χ0) is 5.21. The molecule has 0 spiro atoms. The maximum absolute atomic E-state index is 8.19. The molecule has 0 radical (unpaired) electrons. The zero-order valence-electron chi connectivity index (χ0n) is 3.80. The molecule has 0 aliphatic carbocycles. The van der Waals surface area contributed by atoms with Gasteiger partial charge in [0.1, 0.15) is 0 Å². The van der Waals surface area contributed by atoms with Crippen LogP contribution in [0.2, 0.25) is 0 Å². The highest BCUT2D eigenvalue weighted by Crippen LogP contribution is 2.36. The van der Waals surface area contributed by atoms with E-state index in [0.717, 1.165) is 0 Å². The Morgan fingerprint density at radius 3 is 2.60 bits per heavy atom. The van der Waals surface area contributed by atoms with Crippen LogP contribution in [0.5, 0.6) is 0 Å². The third-order valence-electron chi connectivity index (χ3n) is 0.141. The number of hydrogen-bond acceptors (Lipinski definition) is 2. The van der Waals surface area contributed by atoms with E-state index in [-0.39, 0.29) is 8.50 Å². The van der Waals surface area contributed by atoms with Crippen molar-refractivity contribution in [2.45, 2.75) is 0 Å². The Bertz CT molecular complexity index is 77.6. The van der Waals surface area contributed by atoms with E-state index in [1.165, 1.54) is 0 Å². The van der Waals surface area contributed by atoms with Crippen LogP contribution in [0.15, 0.2) is 0 Å². The van der Waals surface area contributed by atoms with Crippen molar-refractivity contribution in [3.8, 4) is 0 Å². The summed E-state index contributed by atoms with van der Waals surface area (Å²) in [5.74, 6) is 0. The lowest BCUT2D eigenvalue weighted by Crippen LogP contribution is -1.30. The molecule has 4 heteroatoms. The first-order chi connectivity index (χ1) is 2.56. The van der Waals surface area contributed by atoms with Crippen LogP contribution >= 0.6 is 14.8 Å². The summed E-state index contributed by atoms with van der Waals surface area (Å²) in [7, 11) is -0.340. The third kappa shape index (κ3) is 5.04. The lowest BCUT2D eigenvalue weighted by molar-refractivity contribution is 0.659. The molecule has 0 aliphatic heterocycles. The van der Waals surface area contributed by atoms with E-state index in [4.69, 9.17) is 6.17 Å². The molecule has 1 nitrogen and oxygen atoms in total. The molecule has 0 aromatic rings. The van der Waals surface area contributed by atoms with Gasteiger partial charge < -0.3 is 4.89 Å². The molecule has 0 saturated carbocycles. The van der Waals surface area contributed by atoms with Gasteiger partial charge in [-0.15, -0.1) is 0 Å². The van der Waals surface area contributed by atoms with Gasteiger partial charge in [-0.2, -0.15) is 0 Å². The summed E-state index contributed by atoms with van der Waals surface area (Å²) < 4.78 is 6.87. The van der Waals surface area contributed by atoms with Gasteiger partial charge in [-0.3, -0.25) is 0 Å². The van der Waals surface area contributed by atoms with Crippen LogP contribution in [0.4, 0.5) is 0 Å². The van der Waals surface area contributed by atoms with Crippen LogP contribution < -0.4 is 0 Å². The van der Waals surface area contributed by atoms with Crippen LogP contribution in [-0.2, 0) is 11.8 Å². The summed E-state index contributed by atoms with van der Waals surface area (Å²) in [5.41, 5.74) is 0. The smallest absolute Gasteiger partial charge is 0.0755 e. The fourth-order valence-electron chi connectivity index (χ4n) is 0. The highest BCUT2D eigenvalue weighted by Gasteiger charge is 1.70. The largest absolute Gasteiger partial charge is 0.372 e. The molecule has 0 aliphatic rings. The van der Waals surface area contributed by atoms with Gasteiger partial charge in [-0.05, 0) is 13.0 Å². The molecule has 0 saturated heterocycles. The lowest BCUT2D eigenvalue weighted by Gasteiger charge is -1.78. The van der Waals surface area contributed by atoms with Crippen molar-refractivity contribution < 1.29 is 4.89 Å². The van der Waals surface area contributed by atoms with Crippen LogP contribution in [0, 0.1) is 0 Å². The average Bonchev–Trinajstić information content (AvgIpc) is 1.35. The van der Waals surface area contributed by atoms with E-state index < -0.39 is 6.33 Å². The summed E-state index contributed by atoms with van der Waals surface area (Å²) in [6, 6.07) is 0. The van der Waals surface area contributed by atoms with Crippen molar-refractivity contribution in [2.75, 3.05) is 6.66 Å². The predicted octanol–water partition coefficient (Wildman–Crippen LogP) is 0.793. The Morgan fingerprint density at radius 2 is 2.60 bits per heavy atom. The summed E-state index contributed by atoms with van der Waals surface area (Å²) in [6.07, 6.45) is -1.98. The van der Waals surface area contributed by atoms with Gasteiger partial charge in [0, 0.05) is 8.50 Å². The molecule has 32 valence electrons. The van der Waals surface area contributed by atoms with Crippen molar-refractivity contribution in [2.24, 2.45) is 0 Å². The van der Waals surface area contributed by atoms with E-state index in [1.807, 2.05) is 0 Å². The van der Waals surface area contributed by atoms with Gasteiger partial charge >= 0.3 is 0 Å². The predicted molar refractivity (Wildman–Crippen MR) is 32.1 cm³/mol. The van der Waals surface area contributed by atoms with Crippen molar-refractivity contribution in [1.82, 2.24) is 0 Å². The van der Waals surface area contributed by atoms with Gasteiger partial charge in [0.05, 0.1) is 1.28 Å². The molecular weight excluding hydrogens is 122 g/mol. The Labute approximate surface area is 40.2 Å². The van der Waals surface area contributed by atoms with E-state index in [2.05, 4.69) is 11.8 Å². The van der Waals surface area contributed by atoms with Crippen molar-refractivity contribution in [1.29, 1.82) is 1.28 Å². The molecule has 0 amide bonds. The molecular formula is CH6OP2S. The van der Waals surface area contributed by atoms with E-state index in [1.54, 1.807) is 6.66 Å². The molecule has 0 heterocycles. The Balaban J connectivity index is 3.48. The van der Waals surface area contributed by atoms with Gasteiger partial charge in [0.25, 0.3) is 0 Å². The average molecular weight is 130 g/mol. The molecule has 0 aromatic carbocycles. The zero-order valence-corrected chi connectivity index (χ0v) is 5.51. The minimum absolute atomic E-state index is 0.340. The molecule has 2 atom stereocenters. The normalized spacial score (nSPS) is 26.4. The van der Waals surface area contributed by atoms with E-state index in [0.29, 0.717) is 0 Å². The highest BCUT2D eigenvalue weighted by atomic mass is 32.6. The minimum Gasteiger partial charge on any atom is -0.372 e. The first-order valence-electron chi connectivity index (χ1n) is 1.52.